The highest BCUT2D eigenvalue weighted by atomic mass is 16.3. The molecule has 1 saturated heterocycles. The van der Waals surface area contributed by atoms with Gasteiger partial charge in [0, 0.05) is 31.7 Å². The maximum atomic E-state index is 12.2. The van der Waals surface area contributed by atoms with Gasteiger partial charge in [0.25, 0.3) is 0 Å². The Bertz CT molecular complexity index is 541. The molecular formula is C16H23N3O4. The van der Waals surface area contributed by atoms with Crippen molar-refractivity contribution in [2.75, 3.05) is 37.7 Å². The summed E-state index contributed by atoms with van der Waals surface area (Å²) in [5.41, 5.74) is 1.94. The lowest BCUT2D eigenvalue weighted by Gasteiger charge is -2.23. The molecule has 7 heteroatoms. The summed E-state index contributed by atoms with van der Waals surface area (Å²) in [5, 5.41) is 20.7. The number of hydrogen-bond acceptors (Lipinski definition) is 4. The van der Waals surface area contributed by atoms with Crippen LogP contribution in [-0.2, 0) is 4.79 Å². The van der Waals surface area contributed by atoms with Gasteiger partial charge in [-0.05, 0) is 19.1 Å². The van der Waals surface area contributed by atoms with Crippen LogP contribution in [0.4, 0.5) is 10.5 Å². The molecule has 0 radical (unpaired) electrons. The number of aryl methyl sites for hydroxylation is 1. The van der Waals surface area contributed by atoms with Crippen molar-refractivity contribution >= 4 is 17.6 Å². The van der Waals surface area contributed by atoms with Crippen molar-refractivity contribution in [2.45, 2.75) is 19.4 Å². The zero-order valence-corrected chi connectivity index (χ0v) is 13.2. The maximum absolute atomic E-state index is 12.2. The molecule has 1 aromatic carbocycles. The Hall–Kier alpha value is -2.12. The Kier molecular flexibility index (Phi) is 5.95. The van der Waals surface area contributed by atoms with Crippen molar-refractivity contribution in [3.05, 3.63) is 29.8 Å². The summed E-state index contributed by atoms with van der Waals surface area (Å²) < 4.78 is 0. The second-order valence-electron chi connectivity index (χ2n) is 5.62. The highest BCUT2D eigenvalue weighted by Crippen LogP contribution is 2.22. The van der Waals surface area contributed by atoms with E-state index < -0.39 is 0 Å². The standard InChI is InChI=1S/C16H23N3O4/c1-12-2-4-14(5-3-12)19-11-13(10-15(19)22)17-16(23)18(6-8-20)7-9-21/h2-5,13,20-21H,6-11H2,1H3,(H,17,23)/t13-/m1/s1. The van der Waals surface area contributed by atoms with Gasteiger partial charge in [-0.3, -0.25) is 4.79 Å². The predicted molar refractivity (Wildman–Crippen MR) is 86.2 cm³/mol. The van der Waals surface area contributed by atoms with Gasteiger partial charge in [-0.25, -0.2) is 4.79 Å². The van der Waals surface area contributed by atoms with Gasteiger partial charge >= 0.3 is 6.03 Å². The zero-order valence-electron chi connectivity index (χ0n) is 13.2. The number of carbonyl (C=O) groups excluding carboxylic acids is 2. The van der Waals surface area contributed by atoms with E-state index >= 15 is 0 Å². The Morgan fingerprint density at radius 3 is 2.43 bits per heavy atom. The van der Waals surface area contributed by atoms with Crippen LogP contribution in [0.15, 0.2) is 24.3 Å². The van der Waals surface area contributed by atoms with Crippen LogP contribution >= 0.6 is 0 Å². The highest BCUT2D eigenvalue weighted by Gasteiger charge is 2.32. The average molecular weight is 321 g/mol. The Morgan fingerprint density at radius 1 is 1.26 bits per heavy atom. The molecule has 0 saturated carbocycles. The van der Waals surface area contributed by atoms with E-state index in [9.17, 15) is 9.59 Å². The van der Waals surface area contributed by atoms with Gasteiger partial charge in [-0.15, -0.1) is 0 Å². The number of urea groups is 1. The molecule has 1 aliphatic heterocycles. The lowest BCUT2D eigenvalue weighted by atomic mass is 10.2. The normalized spacial score (nSPS) is 17.4. The van der Waals surface area contributed by atoms with Gasteiger partial charge in [-0.1, -0.05) is 17.7 Å². The van der Waals surface area contributed by atoms with E-state index in [1.807, 2.05) is 31.2 Å². The first-order chi connectivity index (χ1) is 11.0. The molecule has 1 atom stereocenters. The van der Waals surface area contributed by atoms with Crippen LogP contribution in [0.3, 0.4) is 0 Å². The number of hydrogen-bond donors (Lipinski definition) is 3. The number of amides is 3. The summed E-state index contributed by atoms with van der Waals surface area (Å²) in [5.74, 6) is -0.0324. The summed E-state index contributed by atoms with van der Waals surface area (Å²) in [4.78, 5) is 27.3. The molecule has 0 aliphatic carbocycles. The number of carbonyl (C=O) groups is 2. The molecule has 0 aromatic heterocycles. The summed E-state index contributed by atoms with van der Waals surface area (Å²) in [6.45, 7) is 2.34. The van der Waals surface area contributed by atoms with Crippen molar-refractivity contribution in [3.63, 3.8) is 0 Å². The van der Waals surface area contributed by atoms with Crippen LogP contribution in [0.1, 0.15) is 12.0 Å². The van der Waals surface area contributed by atoms with Gasteiger partial charge in [0.2, 0.25) is 5.91 Å². The molecule has 7 nitrogen and oxygen atoms in total. The Morgan fingerprint density at radius 2 is 1.87 bits per heavy atom. The highest BCUT2D eigenvalue weighted by molar-refractivity contribution is 5.96. The van der Waals surface area contributed by atoms with E-state index in [0.717, 1.165) is 11.3 Å². The third kappa shape index (κ3) is 4.43. The quantitative estimate of drug-likeness (QED) is 0.693. The van der Waals surface area contributed by atoms with E-state index in [0.29, 0.717) is 6.54 Å². The minimum Gasteiger partial charge on any atom is -0.395 e. The first-order valence-electron chi connectivity index (χ1n) is 7.69. The lowest BCUT2D eigenvalue weighted by molar-refractivity contribution is -0.117. The summed E-state index contributed by atoms with van der Waals surface area (Å²) in [6.07, 6.45) is 0.242. The first kappa shape index (κ1) is 17.2. The minimum absolute atomic E-state index is 0.0324. The second kappa shape index (κ2) is 7.94. The monoisotopic (exact) mass is 321 g/mol. The van der Waals surface area contributed by atoms with Crippen molar-refractivity contribution in [2.24, 2.45) is 0 Å². The van der Waals surface area contributed by atoms with Gasteiger partial charge < -0.3 is 25.3 Å². The lowest BCUT2D eigenvalue weighted by Crippen LogP contribution is -2.47. The number of nitrogens with one attached hydrogen (secondary N) is 1. The predicted octanol–water partition coefficient (Wildman–Crippen LogP) is 0.0965. The molecule has 0 unspecified atom stereocenters. The van der Waals surface area contributed by atoms with Crippen molar-refractivity contribution in [1.29, 1.82) is 0 Å². The van der Waals surface area contributed by atoms with E-state index in [1.165, 1.54) is 4.90 Å². The number of aliphatic hydroxyl groups excluding tert-OH is 2. The molecule has 1 aromatic rings. The summed E-state index contributed by atoms with van der Waals surface area (Å²) in [6, 6.07) is 7.01. The summed E-state index contributed by atoms with van der Waals surface area (Å²) in [7, 11) is 0. The molecule has 0 spiro atoms. The van der Waals surface area contributed by atoms with Crippen LogP contribution in [-0.4, -0.2) is 65.9 Å². The van der Waals surface area contributed by atoms with Crippen LogP contribution < -0.4 is 10.2 Å². The molecule has 3 N–H and O–H groups in total. The number of benzene rings is 1. The topological polar surface area (TPSA) is 93.1 Å². The van der Waals surface area contributed by atoms with Gasteiger partial charge in [0.1, 0.15) is 0 Å². The molecule has 23 heavy (non-hydrogen) atoms. The molecule has 1 fully saturated rings. The second-order valence-corrected chi connectivity index (χ2v) is 5.62. The van der Waals surface area contributed by atoms with E-state index in [2.05, 4.69) is 5.32 Å². The average Bonchev–Trinajstić information content (AvgIpc) is 2.88. The van der Waals surface area contributed by atoms with Crippen LogP contribution in [0.2, 0.25) is 0 Å². The van der Waals surface area contributed by atoms with Crippen LogP contribution in [0.25, 0.3) is 0 Å². The largest absolute Gasteiger partial charge is 0.395 e. The fourth-order valence-electron chi connectivity index (χ4n) is 2.60. The van der Waals surface area contributed by atoms with Gasteiger partial charge in [-0.2, -0.15) is 0 Å². The Balaban J connectivity index is 1.96. The van der Waals surface area contributed by atoms with Gasteiger partial charge in [0.05, 0.1) is 19.3 Å². The Labute approximate surface area is 135 Å². The molecule has 126 valence electrons. The van der Waals surface area contributed by atoms with Gasteiger partial charge in [0.15, 0.2) is 0 Å². The van der Waals surface area contributed by atoms with Crippen molar-refractivity contribution in [3.8, 4) is 0 Å². The number of aliphatic hydroxyl groups is 2. The molecule has 2 rings (SSSR count). The summed E-state index contributed by atoms with van der Waals surface area (Å²) >= 11 is 0. The van der Waals surface area contributed by atoms with E-state index in [1.54, 1.807) is 4.90 Å². The minimum atomic E-state index is -0.378. The van der Waals surface area contributed by atoms with Crippen molar-refractivity contribution < 1.29 is 19.8 Å². The van der Waals surface area contributed by atoms with Crippen LogP contribution in [0, 0.1) is 6.92 Å². The third-order valence-corrected chi connectivity index (χ3v) is 3.83. The molecule has 1 heterocycles. The van der Waals surface area contributed by atoms with Crippen LogP contribution in [0.5, 0.6) is 0 Å². The van der Waals surface area contributed by atoms with E-state index in [4.69, 9.17) is 10.2 Å². The maximum Gasteiger partial charge on any atom is 0.317 e. The molecular weight excluding hydrogens is 298 g/mol. The third-order valence-electron chi connectivity index (χ3n) is 3.83. The molecule has 3 amide bonds. The molecule has 1 aliphatic rings. The number of rotatable bonds is 6. The fraction of sp³-hybridized carbons (Fsp3) is 0.500. The zero-order chi connectivity index (χ0) is 16.8. The smallest absolute Gasteiger partial charge is 0.317 e. The SMILES string of the molecule is Cc1ccc(N2C[C@H](NC(=O)N(CCO)CCO)CC2=O)cc1. The van der Waals surface area contributed by atoms with Crippen molar-refractivity contribution in [1.82, 2.24) is 10.2 Å². The number of nitrogens with zero attached hydrogens (tertiary/aromatic N) is 2. The molecule has 0 bridgehead atoms. The number of anilines is 1. The fourth-order valence-corrected chi connectivity index (χ4v) is 2.60. The first-order valence-corrected chi connectivity index (χ1v) is 7.69. The van der Waals surface area contributed by atoms with E-state index in [-0.39, 0.29) is 50.7 Å².